The molecule has 1 amide bonds. The molecule has 14 heavy (non-hydrogen) atoms. The molecule has 0 aliphatic heterocycles. The van der Waals surface area contributed by atoms with Crippen LogP contribution in [0.5, 0.6) is 0 Å². The zero-order valence-electron chi connectivity index (χ0n) is 9.74. The van der Waals surface area contributed by atoms with Crippen LogP contribution >= 0.6 is 0 Å². The van der Waals surface area contributed by atoms with Crippen molar-refractivity contribution in [1.29, 1.82) is 0 Å². The number of rotatable bonds is 3. The molecular formula is C10H22N2O2. The molecule has 4 heteroatoms. The molecule has 0 spiro atoms. The highest BCUT2D eigenvalue weighted by Crippen LogP contribution is 2.19. The maximum absolute atomic E-state index is 11.8. The summed E-state index contributed by atoms with van der Waals surface area (Å²) in [6, 6.07) is -0.711. The lowest BCUT2D eigenvalue weighted by atomic mass is 9.86. The van der Waals surface area contributed by atoms with Crippen LogP contribution in [0.15, 0.2) is 0 Å². The van der Waals surface area contributed by atoms with E-state index in [1.54, 1.807) is 14.0 Å². The standard InChI is InChI=1S/C10H22N2O2/c1-7(6-13)12(5)9(14)8(11)10(2,3)4/h7-8,13H,6,11H2,1-5H3. The smallest absolute Gasteiger partial charge is 0.240 e. The van der Waals surface area contributed by atoms with E-state index >= 15 is 0 Å². The number of nitrogens with zero attached hydrogens (tertiary/aromatic N) is 1. The van der Waals surface area contributed by atoms with Crippen molar-refractivity contribution in [3.63, 3.8) is 0 Å². The Morgan fingerprint density at radius 3 is 2.21 bits per heavy atom. The first-order valence-electron chi connectivity index (χ1n) is 4.85. The average molecular weight is 202 g/mol. The van der Waals surface area contributed by atoms with E-state index in [1.165, 1.54) is 4.90 Å². The summed E-state index contributed by atoms with van der Waals surface area (Å²) in [5.74, 6) is -0.126. The van der Waals surface area contributed by atoms with Gasteiger partial charge in [0.25, 0.3) is 0 Å². The summed E-state index contributed by atoms with van der Waals surface area (Å²) in [4.78, 5) is 13.3. The predicted molar refractivity (Wildman–Crippen MR) is 56.7 cm³/mol. The number of carbonyl (C=O) groups excluding carboxylic acids is 1. The molecule has 0 aromatic heterocycles. The van der Waals surface area contributed by atoms with Gasteiger partial charge >= 0.3 is 0 Å². The Morgan fingerprint density at radius 1 is 1.50 bits per heavy atom. The van der Waals surface area contributed by atoms with Crippen LogP contribution in [0.3, 0.4) is 0 Å². The number of carbonyl (C=O) groups is 1. The maximum atomic E-state index is 11.8. The second kappa shape index (κ2) is 4.75. The molecule has 0 rings (SSSR count). The van der Waals surface area contributed by atoms with Crippen molar-refractivity contribution in [2.24, 2.45) is 11.1 Å². The zero-order chi connectivity index (χ0) is 11.5. The van der Waals surface area contributed by atoms with Crippen molar-refractivity contribution in [1.82, 2.24) is 4.90 Å². The van der Waals surface area contributed by atoms with Gasteiger partial charge in [-0.15, -0.1) is 0 Å². The monoisotopic (exact) mass is 202 g/mol. The SMILES string of the molecule is CC(CO)N(C)C(=O)C(N)C(C)(C)C. The lowest BCUT2D eigenvalue weighted by molar-refractivity contribution is -0.136. The summed E-state index contributed by atoms with van der Waals surface area (Å²) in [7, 11) is 1.66. The second-order valence-electron chi connectivity index (χ2n) is 4.82. The van der Waals surface area contributed by atoms with Crippen LogP contribution < -0.4 is 5.73 Å². The van der Waals surface area contributed by atoms with E-state index in [0.29, 0.717) is 0 Å². The van der Waals surface area contributed by atoms with E-state index in [9.17, 15) is 4.79 Å². The van der Waals surface area contributed by atoms with E-state index in [-0.39, 0.29) is 24.0 Å². The third kappa shape index (κ3) is 3.27. The van der Waals surface area contributed by atoms with Crippen LogP contribution in [0.25, 0.3) is 0 Å². The fraction of sp³-hybridized carbons (Fsp3) is 0.900. The van der Waals surface area contributed by atoms with Gasteiger partial charge in [-0.1, -0.05) is 20.8 Å². The topological polar surface area (TPSA) is 66.6 Å². The lowest BCUT2D eigenvalue weighted by Crippen LogP contribution is -2.52. The number of aliphatic hydroxyl groups is 1. The number of amides is 1. The van der Waals surface area contributed by atoms with Gasteiger partial charge in [-0.25, -0.2) is 0 Å². The van der Waals surface area contributed by atoms with Gasteiger partial charge in [0.15, 0.2) is 0 Å². The van der Waals surface area contributed by atoms with Crippen LogP contribution in [-0.4, -0.2) is 41.7 Å². The molecule has 3 N–H and O–H groups in total. The lowest BCUT2D eigenvalue weighted by Gasteiger charge is -2.32. The normalized spacial score (nSPS) is 16.2. The van der Waals surface area contributed by atoms with Crippen molar-refractivity contribution < 1.29 is 9.90 Å². The van der Waals surface area contributed by atoms with Crippen LogP contribution in [0.4, 0.5) is 0 Å². The Labute approximate surface area is 86.1 Å². The molecule has 0 heterocycles. The quantitative estimate of drug-likeness (QED) is 0.687. The molecule has 0 aliphatic rings. The van der Waals surface area contributed by atoms with Gasteiger partial charge in [-0.2, -0.15) is 0 Å². The minimum absolute atomic E-state index is 0.0426. The Kier molecular flexibility index (Phi) is 4.55. The minimum atomic E-state index is -0.526. The molecule has 0 saturated heterocycles. The van der Waals surface area contributed by atoms with Gasteiger partial charge in [-0.05, 0) is 12.3 Å². The summed E-state index contributed by atoms with van der Waals surface area (Å²) in [6.07, 6.45) is 0. The Balaban J connectivity index is 4.47. The number of nitrogens with two attached hydrogens (primary N) is 1. The molecule has 0 saturated carbocycles. The summed E-state index contributed by atoms with van der Waals surface area (Å²) >= 11 is 0. The summed E-state index contributed by atoms with van der Waals surface area (Å²) in [6.45, 7) is 7.51. The first kappa shape index (κ1) is 13.4. The van der Waals surface area contributed by atoms with Crippen molar-refractivity contribution >= 4 is 5.91 Å². The number of aliphatic hydroxyl groups excluding tert-OH is 1. The van der Waals surface area contributed by atoms with E-state index in [2.05, 4.69) is 0 Å². The van der Waals surface area contributed by atoms with Crippen molar-refractivity contribution in [2.45, 2.75) is 39.8 Å². The molecular weight excluding hydrogens is 180 g/mol. The van der Waals surface area contributed by atoms with Crippen LogP contribution in [0.1, 0.15) is 27.7 Å². The molecule has 0 aliphatic carbocycles. The molecule has 0 aromatic rings. The Hall–Kier alpha value is -0.610. The Morgan fingerprint density at radius 2 is 1.93 bits per heavy atom. The van der Waals surface area contributed by atoms with E-state index in [0.717, 1.165) is 0 Å². The van der Waals surface area contributed by atoms with Crippen molar-refractivity contribution in [3.8, 4) is 0 Å². The molecule has 84 valence electrons. The number of likely N-dealkylation sites (N-methyl/N-ethyl adjacent to an activating group) is 1. The van der Waals surface area contributed by atoms with Gasteiger partial charge in [0, 0.05) is 7.05 Å². The van der Waals surface area contributed by atoms with E-state index < -0.39 is 6.04 Å². The molecule has 0 radical (unpaired) electrons. The Bertz CT molecular complexity index is 199. The highest BCUT2D eigenvalue weighted by atomic mass is 16.3. The van der Waals surface area contributed by atoms with E-state index in [1.807, 2.05) is 20.8 Å². The summed E-state index contributed by atoms with van der Waals surface area (Å²) in [5, 5.41) is 8.90. The van der Waals surface area contributed by atoms with Crippen LogP contribution in [0, 0.1) is 5.41 Å². The summed E-state index contributed by atoms with van der Waals surface area (Å²) in [5.41, 5.74) is 5.57. The molecule has 2 atom stereocenters. The molecule has 0 fully saturated rings. The first-order valence-corrected chi connectivity index (χ1v) is 4.85. The first-order chi connectivity index (χ1) is 6.21. The average Bonchev–Trinajstić information content (AvgIpc) is 2.11. The number of hydrogen-bond donors (Lipinski definition) is 2. The third-order valence-electron chi connectivity index (χ3n) is 2.47. The molecule has 2 unspecified atom stereocenters. The molecule has 0 aromatic carbocycles. The number of hydrogen-bond acceptors (Lipinski definition) is 3. The van der Waals surface area contributed by atoms with Crippen LogP contribution in [0.2, 0.25) is 0 Å². The molecule has 0 bridgehead atoms. The van der Waals surface area contributed by atoms with Crippen LogP contribution in [-0.2, 0) is 4.79 Å². The fourth-order valence-corrected chi connectivity index (χ4v) is 0.929. The van der Waals surface area contributed by atoms with Gasteiger partial charge in [0.1, 0.15) is 0 Å². The second-order valence-corrected chi connectivity index (χ2v) is 4.82. The van der Waals surface area contributed by atoms with E-state index in [4.69, 9.17) is 10.8 Å². The zero-order valence-corrected chi connectivity index (χ0v) is 9.74. The largest absolute Gasteiger partial charge is 0.394 e. The fourth-order valence-electron chi connectivity index (χ4n) is 0.929. The maximum Gasteiger partial charge on any atom is 0.240 e. The predicted octanol–water partition coefficient (Wildman–Crippen LogP) is 0.199. The third-order valence-corrected chi connectivity index (χ3v) is 2.47. The highest BCUT2D eigenvalue weighted by molar-refractivity contribution is 5.82. The molecule has 4 nitrogen and oxygen atoms in total. The van der Waals surface area contributed by atoms with Crippen molar-refractivity contribution in [2.75, 3.05) is 13.7 Å². The van der Waals surface area contributed by atoms with Gasteiger partial charge < -0.3 is 15.7 Å². The minimum Gasteiger partial charge on any atom is -0.394 e. The summed E-state index contributed by atoms with van der Waals surface area (Å²) < 4.78 is 0. The van der Waals surface area contributed by atoms with Gasteiger partial charge in [-0.3, -0.25) is 4.79 Å². The van der Waals surface area contributed by atoms with Gasteiger partial charge in [0.05, 0.1) is 18.7 Å². The highest BCUT2D eigenvalue weighted by Gasteiger charge is 2.30. The van der Waals surface area contributed by atoms with Gasteiger partial charge in [0.2, 0.25) is 5.91 Å². The van der Waals surface area contributed by atoms with Crippen molar-refractivity contribution in [3.05, 3.63) is 0 Å².